The summed E-state index contributed by atoms with van der Waals surface area (Å²) in [6.07, 6.45) is 1.76. The summed E-state index contributed by atoms with van der Waals surface area (Å²) >= 11 is 0. The molecule has 1 amide bonds. The maximum Gasteiger partial charge on any atom is 0.407 e. The van der Waals surface area contributed by atoms with Gasteiger partial charge in [-0.3, -0.25) is 4.90 Å². The molecular formula is C19H30N2O2. The number of amides is 1. The van der Waals surface area contributed by atoms with Crippen LogP contribution in [0.4, 0.5) is 4.79 Å². The highest BCUT2D eigenvalue weighted by atomic mass is 16.6. The van der Waals surface area contributed by atoms with E-state index in [4.69, 9.17) is 4.74 Å². The Morgan fingerprint density at radius 3 is 2.65 bits per heavy atom. The molecule has 2 atom stereocenters. The standard InChI is InChI=1S/C19H30N2O2/c1-5-17(20-18(22)23-19(2,3)4)16-11-12-21(14-16)13-15-9-7-6-8-10-15/h6-10,16-17H,5,11-14H2,1-4H3,(H,20,22)/t16?,17-/m1/s1. The van der Waals surface area contributed by atoms with Gasteiger partial charge in [-0.25, -0.2) is 4.79 Å². The van der Waals surface area contributed by atoms with Gasteiger partial charge >= 0.3 is 6.09 Å². The van der Waals surface area contributed by atoms with Gasteiger partial charge in [0.15, 0.2) is 0 Å². The van der Waals surface area contributed by atoms with E-state index in [0.717, 1.165) is 32.5 Å². The van der Waals surface area contributed by atoms with Crippen molar-refractivity contribution >= 4 is 6.09 Å². The number of carbonyl (C=O) groups is 1. The van der Waals surface area contributed by atoms with Crippen molar-refractivity contribution in [3.05, 3.63) is 35.9 Å². The second kappa shape index (κ2) is 7.82. The third-order valence-corrected chi connectivity index (χ3v) is 4.27. The molecular weight excluding hydrogens is 288 g/mol. The summed E-state index contributed by atoms with van der Waals surface area (Å²) in [5.41, 5.74) is 0.901. The van der Waals surface area contributed by atoms with Crippen LogP contribution in [-0.2, 0) is 11.3 Å². The summed E-state index contributed by atoms with van der Waals surface area (Å²) in [6.45, 7) is 10.9. The van der Waals surface area contributed by atoms with Crippen molar-refractivity contribution in [3.63, 3.8) is 0 Å². The first kappa shape index (κ1) is 17.8. The Morgan fingerprint density at radius 2 is 2.04 bits per heavy atom. The van der Waals surface area contributed by atoms with Crippen molar-refractivity contribution in [2.75, 3.05) is 13.1 Å². The lowest BCUT2D eigenvalue weighted by Gasteiger charge is -2.26. The summed E-state index contributed by atoms with van der Waals surface area (Å²) in [4.78, 5) is 14.5. The van der Waals surface area contributed by atoms with Crippen LogP contribution in [0.3, 0.4) is 0 Å². The van der Waals surface area contributed by atoms with E-state index in [0.29, 0.717) is 5.92 Å². The summed E-state index contributed by atoms with van der Waals surface area (Å²) < 4.78 is 5.39. The van der Waals surface area contributed by atoms with Crippen molar-refractivity contribution in [1.29, 1.82) is 0 Å². The van der Waals surface area contributed by atoms with E-state index in [9.17, 15) is 4.79 Å². The lowest BCUT2D eigenvalue weighted by atomic mass is 9.97. The number of hydrogen-bond donors (Lipinski definition) is 1. The molecule has 0 aromatic heterocycles. The van der Waals surface area contributed by atoms with Gasteiger partial charge in [0.05, 0.1) is 0 Å². The Bertz CT molecular complexity index is 496. The zero-order valence-electron chi connectivity index (χ0n) is 14.8. The first-order valence-electron chi connectivity index (χ1n) is 8.63. The van der Waals surface area contributed by atoms with E-state index in [1.165, 1.54) is 5.56 Å². The fraction of sp³-hybridized carbons (Fsp3) is 0.632. The zero-order chi connectivity index (χ0) is 16.9. The number of hydrogen-bond acceptors (Lipinski definition) is 3. The van der Waals surface area contributed by atoms with Crippen LogP contribution in [-0.4, -0.2) is 35.7 Å². The summed E-state index contributed by atoms with van der Waals surface area (Å²) in [6, 6.07) is 10.7. The van der Waals surface area contributed by atoms with Crippen molar-refractivity contribution in [2.24, 2.45) is 5.92 Å². The molecule has 1 heterocycles. The minimum absolute atomic E-state index is 0.186. The topological polar surface area (TPSA) is 41.6 Å². The van der Waals surface area contributed by atoms with Gasteiger partial charge in [0, 0.05) is 19.1 Å². The molecule has 1 aliphatic rings. The Balaban J connectivity index is 1.84. The molecule has 1 saturated heterocycles. The molecule has 0 spiro atoms. The van der Waals surface area contributed by atoms with Gasteiger partial charge in [0.2, 0.25) is 0 Å². The molecule has 4 heteroatoms. The number of nitrogens with one attached hydrogen (secondary N) is 1. The molecule has 1 fully saturated rings. The van der Waals surface area contributed by atoms with Crippen LogP contribution in [0, 0.1) is 5.92 Å². The van der Waals surface area contributed by atoms with Crippen LogP contribution in [0.2, 0.25) is 0 Å². The fourth-order valence-electron chi connectivity index (χ4n) is 3.19. The highest BCUT2D eigenvalue weighted by molar-refractivity contribution is 5.68. The van der Waals surface area contributed by atoms with Gasteiger partial charge in [-0.2, -0.15) is 0 Å². The van der Waals surface area contributed by atoms with Crippen LogP contribution < -0.4 is 5.32 Å². The first-order chi connectivity index (χ1) is 10.9. The second-order valence-corrected chi connectivity index (χ2v) is 7.43. The second-order valence-electron chi connectivity index (χ2n) is 7.43. The predicted octanol–water partition coefficient (Wildman–Crippen LogP) is 3.81. The number of ether oxygens (including phenoxy) is 1. The number of likely N-dealkylation sites (tertiary alicyclic amines) is 1. The molecule has 0 saturated carbocycles. The SMILES string of the molecule is CC[C@@H](NC(=O)OC(C)(C)C)C1CCN(Cc2ccccc2)C1. The molecule has 0 aliphatic carbocycles. The van der Waals surface area contributed by atoms with Gasteiger partial charge in [0.25, 0.3) is 0 Å². The van der Waals surface area contributed by atoms with Crippen molar-refractivity contribution in [1.82, 2.24) is 10.2 Å². The van der Waals surface area contributed by atoms with E-state index in [1.807, 2.05) is 26.8 Å². The van der Waals surface area contributed by atoms with Crippen molar-refractivity contribution < 1.29 is 9.53 Å². The lowest BCUT2D eigenvalue weighted by Crippen LogP contribution is -2.43. The highest BCUT2D eigenvalue weighted by Gasteiger charge is 2.30. The molecule has 2 rings (SSSR count). The van der Waals surface area contributed by atoms with Crippen LogP contribution in [0.25, 0.3) is 0 Å². The molecule has 0 radical (unpaired) electrons. The molecule has 1 aromatic carbocycles. The maximum absolute atomic E-state index is 12.0. The number of benzene rings is 1. The highest BCUT2D eigenvalue weighted by Crippen LogP contribution is 2.23. The largest absolute Gasteiger partial charge is 0.444 e. The van der Waals surface area contributed by atoms with Crippen LogP contribution in [0.1, 0.15) is 46.1 Å². The van der Waals surface area contributed by atoms with Crippen LogP contribution in [0.15, 0.2) is 30.3 Å². The monoisotopic (exact) mass is 318 g/mol. The average Bonchev–Trinajstić information content (AvgIpc) is 2.92. The van der Waals surface area contributed by atoms with E-state index >= 15 is 0 Å². The van der Waals surface area contributed by atoms with Crippen molar-refractivity contribution in [2.45, 2.75) is 58.7 Å². The van der Waals surface area contributed by atoms with E-state index < -0.39 is 5.60 Å². The molecule has 1 aromatic rings. The molecule has 1 unspecified atom stereocenters. The quantitative estimate of drug-likeness (QED) is 0.897. The third kappa shape index (κ3) is 5.87. The Kier molecular flexibility index (Phi) is 6.05. The Morgan fingerprint density at radius 1 is 1.35 bits per heavy atom. The zero-order valence-corrected chi connectivity index (χ0v) is 14.8. The average molecular weight is 318 g/mol. The minimum Gasteiger partial charge on any atom is -0.444 e. The normalized spacial score (nSPS) is 20.3. The van der Waals surface area contributed by atoms with Crippen LogP contribution in [0.5, 0.6) is 0 Å². The summed E-state index contributed by atoms with van der Waals surface area (Å²) in [5.74, 6) is 0.497. The molecule has 23 heavy (non-hydrogen) atoms. The van der Waals surface area contributed by atoms with E-state index in [-0.39, 0.29) is 12.1 Å². The summed E-state index contributed by atoms with van der Waals surface area (Å²) in [5, 5.41) is 3.06. The number of carbonyl (C=O) groups excluding carboxylic acids is 1. The Hall–Kier alpha value is -1.55. The lowest BCUT2D eigenvalue weighted by molar-refractivity contribution is 0.0484. The molecule has 1 aliphatic heterocycles. The predicted molar refractivity (Wildman–Crippen MR) is 93.3 cm³/mol. The minimum atomic E-state index is -0.447. The van der Waals surface area contributed by atoms with Gasteiger partial charge in [-0.15, -0.1) is 0 Å². The molecule has 0 bridgehead atoms. The van der Waals surface area contributed by atoms with Gasteiger partial charge in [-0.05, 0) is 51.6 Å². The maximum atomic E-state index is 12.0. The number of rotatable bonds is 5. The number of alkyl carbamates (subject to hydrolysis) is 1. The molecule has 1 N–H and O–H groups in total. The van der Waals surface area contributed by atoms with Gasteiger partial charge < -0.3 is 10.1 Å². The van der Waals surface area contributed by atoms with Gasteiger partial charge in [-0.1, -0.05) is 37.3 Å². The Labute approximate surface area is 140 Å². The summed E-state index contributed by atoms with van der Waals surface area (Å²) in [7, 11) is 0. The molecule has 128 valence electrons. The first-order valence-corrected chi connectivity index (χ1v) is 8.63. The van der Waals surface area contributed by atoms with Crippen molar-refractivity contribution in [3.8, 4) is 0 Å². The van der Waals surface area contributed by atoms with Gasteiger partial charge in [0.1, 0.15) is 5.60 Å². The van der Waals surface area contributed by atoms with E-state index in [1.54, 1.807) is 0 Å². The third-order valence-electron chi connectivity index (χ3n) is 4.27. The molecule has 4 nitrogen and oxygen atoms in total. The fourth-order valence-corrected chi connectivity index (χ4v) is 3.19. The smallest absolute Gasteiger partial charge is 0.407 e. The number of nitrogens with zero attached hydrogens (tertiary/aromatic N) is 1. The van der Waals surface area contributed by atoms with E-state index in [2.05, 4.69) is 41.4 Å². The van der Waals surface area contributed by atoms with Crippen LogP contribution >= 0.6 is 0 Å².